The quantitative estimate of drug-likeness (QED) is 0.502. The first-order valence-electron chi connectivity index (χ1n) is 12.3. The Labute approximate surface area is 210 Å². The van der Waals surface area contributed by atoms with E-state index in [-0.39, 0.29) is 35.4 Å². The lowest BCUT2D eigenvalue weighted by Gasteiger charge is -2.23. The van der Waals surface area contributed by atoms with Crippen molar-refractivity contribution in [1.29, 1.82) is 0 Å². The number of likely N-dealkylation sites (tertiary alicyclic amines) is 2. The Morgan fingerprint density at radius 3 is 2.44 bits per heavy atom. The molecule has 36 heavy (non-hydrogen) atoms. The van der Waals surface area contributed by atoms with Crippen molar-refractivity contribution in [2.45, 2.75) is 45.1 Å². The van der Waals surface area contributed by atoms with E-state index in [0.717, 1.165) is 45.0 Å². The summed E-state index contributed by atoms with van der Waals surface area (Å²) >= 11 is 0. The smallest absolute Gasteiger partial charge is 0.348 e. The second-order valence-corrected chi connectivity index (χ2v) is 11.9. The molecule has 0 aliphatic carbocycles. The molecule has 11 nitrogen and oxygen atoms in total. The first-order chi connectivity index (χ1) is 17.1. The van der Waals surface area contributed by atoms with Crippen LogP contribution in [0.4, 0.5) is 11.7 Å². The molecule has 2 saturated heterocycles. The standard InChI is InChI=1S/C24H33N5O6S/c1-16-17(25-20(30)15-28-10-3-4-11-28)7-8-18-21(16)23(32)35-24(26-18)27-19(9-14-36(2,33)34)22(31)29-12-5-6-13-29/h7-8,19H,3-6,9-15H2,1-2H3,(H,25,30)(H,26,27)/t19-/m0/s1. The van der Waals surface area contributed by atoms with Crippen LogP contribution in [-0.2, 0) is 19.4 Å². The maximum Gasteiger partial charge on any atom is 0.348 e. The van der Waals surface area contributed by atoms with Crippen LogP contribution in [0.5, 0.6) is 0 Å². The normalized spacial score (nSPS) is 17.4. The molecule has 2 N–H and O–H groups in total. The van der Waals surface area contributed by atoms with Crippen LogP contribution in [0.25, 0.3) is 10.9 Å². The van der Waals surface area contributed by atoms with Gasteiger partial charge in [-0.05, 0) is 69.8 Å². The molecule has 2 aromatic rings. The van der Waals surface area contributed by atoms with Gasteiger partial charge in [0.15, 0.2) is 0 Å². The molecule has 1 aromatic heterocycles. The zero-order chi connectivity index (χ0) is 25.9. The number of rotatable bonds is 9. The topological polar surface area (TPSA) is 142 Å². The van der Waals surface area contributed by atoms with Gasteiger partial charge in [-0.15, -0.1) is 0 Å². The van der Waals surface area contributed by atoms with E-state index in [1.807, 2.05) is 0 Å². The summed E-state index contributed by atoms with van der Waals surface area (Å²) in [5.41, 5.74) is 0.735. The van der Waals surface area contributed by atoms with Crippen molar-refractivity contribution in [3.8, 4) is 0 Å². The largest absolute Gasteiger partial charge is 0.389 e. The Hall–Kier alpha value is -2.99. The molecule has 2 fully saturated rings. The van der Waals surface area contributed by atoms with Crippen LogP contribution in [0.15, 0.2) is 21.3 Å². The van der Waals surface area contributed by atoms with Gasteiger partial charge >= 0.3 is 5.63 Å². The molecule has 0 saturated carbocycles. The van der Waals surface area contributed by atoms with Crippen molar-refractivity contribution in [2.24, 2.45) is 0 Å². The average Bonchev–Trinajstić information content (AvgIpc) is 3.52. The Kier molecular flexibility index (Phi) is 7.94. The van der Waals surface area contributed by atoms with Crippen LogP contribution in [0.3, 0.4) is 0 Å². The number of carbonyl (C=O) groups excluding carboxylic acids is 2. The van der Waals surface area contributed by atoms with Gasteiger partial charge in [-0.3, -0.25) is 14.5 Å². The lowest BCUT2D eigenvalue weighted by molar-refractivity contribution is -0.131. The molecule has 0 bridgehead atoms. The van der Waals surface area contributed by atoms with Crippen LogP contribution in [0.2, 0.25) is 0 Å². The van der Waals surface area contributed by atoms with Crippen molar-refractivity contribution >= 4 is 44.3 Å². The second-order valence-electron chi connectivity index (χ2n) is 9.62. The van der Waals surface area contributed by atoms with E-state index in [4.69, 9.17) is 4.42 Å². The van der Waals surface area contributed by atoms with E-state index in [1.54, 1.807) is 24.0 Å². The number of amides is 2. The number of aryl methyl sites for hydroxylation is 1. The summed E-state index contributed by atoms with van der Waals surface area (Å²) in [5.74, 6) is -0.584. The lowest BCUT2D eigenvalue weighted by Crippen LogP contribution is -2.42. The maximum atomic E-state index is 13.0. The molecule has 1 aromatic carbocycles. The molecule has 0 radical (unpaired) electrons. The van der Waals surface area contributed by atoms with Gasteiger partial charge in [-0.25, -0.2) is 13.2 Å². The molecule has 12 heteroatoms. The van der Waals surface area contributed by atoms with Crippen LogP contribution in [-0.4, -0.2) is 85.8 Å². The summed E-state index contributed by atoms with van der Waals surface area (Å²) in [7, 11) is -3.30. The summed E-state index contributed by atoms with van der Waals surface area (Å²) < 4.78 is 28.9. The minimum absolute atomic E-state index is 0.0264. The Bertz CT molecular complexity index is 1300. The Morgan fingerprint density at radius 1 is 1.11 bits per heavy atom. The average molecular weight is 520 g/mol. The number of aromatic nitrogens is 1. The molecule has 4 rings (SSSR count). The molecular formula is C24H33N5O6S. The maximum absolute atomic E-state index is 13.0. The fraction of sp³-hybridized carbons (Fsp3) is 0.583. The minimum Gasteiger partial charge on any atom is -0.389 e. The van der Waals surface area contributed by atoms with Crippen molar-refractivity contribution in [2.75, 3.05) is 55.4 Å². The highest BCUT2D eigenvalue weighted by atomic mass is 32.2. The fourth-order valence-electron chi connectivity index (χ4n) is 4.75. The van der Waals surface area contributed by atoms with Crippen molar-refractivity contribution in [3.05, 3.63) is 28.1 Å². The van der Waals surface area contributed by atoms with E-state index in [2.05, 4.69) is 20.5 Å². The number of fused-ring (bicyclic) bond motifs is 1. The number of nitrogens with zero attached hydrogens (tertiary/aromatic N) is 3. The zero-order valence-corrected chi connectivity index (χ0v) is 21.5. The summed E-state index contributed by atoms with van der Waals surface area (Å²) in [6, 6.07) is 2.26. The highest BCUT2D eigenvalue weighted by Gasteiger charge is 2.28. The number of benzene rings is 1. The van der Waals surface area contributed by atoms with Crippen molar-refractivity contribution in [3.63, 3.8) is 0 Å². The minimum atomic E-state index is -3.30. The number of carbonyl (C=O) groups is 2. The second kappa shape index (κ2) is 11.0. The number of hydrogen-bond donors (Lipinski definition) is 2. The summed E-state index contributed by atoms with van der Waals surface area (Å²) in [5, 5.41) is 5.96. The highest BCUT2D eigenvalue weighted by Crippen LogP contribution is 2.24. The van der Waals surface area contributed by atoms with Gasteiger partial charge in [0, 0.05) is 25.0 Å². The molecule has 2 aliphatic rings. The van der Waals surface area contributed by atoms with E-state index in [0.29, 0.717) is 36.4 Å². The molecule has 0 unspecified atom stereocenters. The summed E-state index contributed by atoms with van der Waals surface area (Å²) in [6.45, 7) is 5.03. The van der Waals surface area contributed by atoms with E-state index < -0.39 is 21.5 Å². The molecule has 0 spiro atoms. The molecule has 2 aliphatic heterocycles. The van der Waals surface area contributed by atoms with E-state index in [9.17, 15) is 22.8 Å². The van der Waals surface area contributed by atoms with Gasteiger partial charge in [-0.2, -0.15) is 4.98 Å². The van der Waals surface area contributed by atoms with Gasteiger partial charge in [-0.1, -0.05) is 0 Å². The predicted octanol–water partition coefficient (Wildman–Crippen LogP) is 1.37. The molecular weight excluding hydrogens is 486 g/mol. The van der Waals surface area contributed by atoms with Gasteiger partial charge < -0.3 is 20.0 Å². The molecule has 1 atom stereocenters. The van der Waals surface area contributed by atoms with Gasteiger partial charge in [0.05, 0.1) is 23.2 Å². The summed E-state index contributed by atoms with van der Waals surface area (Å²) in [6.07, 6.45) is 5.10. The Balaban J connectivity index is 1.55. The van der Waals surface area contributed by atoms with E-state index >= 15 is 0 Å². The first kappa shape index (κ1) is 26.1. The Morgan fingerprint density at radius 2 is 1.78 bits per heavy atom. The van der Waals surface area contributed by atoms with Crippen LogP contribution in [0, 0.1) is 6.92 Å². The van der Waals surface area contributed by atoms with Gasteiger partial charge in [0.1, 0.15) is 15.9 Å². The van der Waals surface area contributed by atoms with Crippen molar-refractivity contribution in [1.82, 2.24) is 14.8 Å². The third-order valence-corrected chi connectivity index (χ3v) is 7.67. The predicted molar refractivity (Wildman–Crippen MR) is 137 cm³/mol. The molecule has 196 valence electrons. The van der Waals surface area contributed by atoms with Crippen LogP contribution >= 0.6 is 0 Å². The monoisotopic (exact) mass is 519 g/mol. The summed E-state index contributed by atoms with van der Waals surface area (Å²) in [4.78, 5) is 46.5. The third kappa shape index (κ3) is 6.41. The number of anilines is 2. The number of sulfone groups is 1. The lowest BCUT2D eigenvalue weighted by atomic mass is 10.1. The zero-order valence-electron chi connectivity index (χ0n) is 20.7. The first-order valence-corrected chi connectivity index (χ1v) is 14.4. The van der Waals surface area contributed by atoms with Crippen molar-refractivity contribution < 1.29 is 22.4 Å². The van der Waals surface area contributed by atoms with E-state index in [1.165, 1.54) is 0 Å². The SMILES string of the molecule is Cc1c(NC(=O)CN2CCCC2)ccc2nc(N[C@@H](CCS(C)(=O)=O)C(=O)N3CCCC3)oc(=O)c12. The molecule has 3 heterocycles. The van der Waals surface area contributed by atoms with Gasteiger partial charge in [0.25, 0.3) is 6.01 Å². The highest BCUT2D eigenvalue weighted by molar-refractivity contribution is 7.90. The third-order valence-electron chi connectivity index (χ3n) is 6.69. The number of nitrogens with one attached hydrogen (secondary N) is 2. The fourth-order valence-corrected chi connectivity index (χ4v) is 5.41. The van der Waals surface area contributed by atoms with Crippen LogP contribution < -0.4 is 16.3 Å². The van der Waals surface area contributed by atoms with Crippen LogP contribution in [0.1, 0.15) is 37.7 Å². The van der Waals surface area contributed by atoms with Gasteiger partial charge in [0.2, 0.25) is 11.8 Å². The number of hydrogen-bond acceptors (Lipinski definition) is 9. The molecule has 2 amide bonds.